The average Bonchev–Trinajstić information content (AvgIpc) is 2.98. The number of nitrogens with one attached hydrogen (secondary N) is 2. The molecule has 2 atom stereocenters. The molecule has 9 nitrogen and oxygen atoms in total. The molecule has 0 unspecified atom stereocenters. The second-order valence-electron chi connectivity index (χ2n) is 7.69. The minimum Gasteiger partial charge on any atom is -0.496 e. The average molecular weight is 417 g/mol. The molecule has 1 heterocycles. The van der Waals surface area contributed by atoms with E-state index < -0.39 is 42.5 Å². The zero-order chi connectivity index (χ0) is 21.7. The Hall–Kier alpha value is -3.10. The molecule has 1 saturated carbocycles. The van der Waals surface area contributed by atoms with Gasteiger partial charge in [0, 0.05) is 12.1 Å². The van der Waals surface area contributed by atoms with Gasteiger partial charge in [0.25, 0.3) is 11.8 Å². The normalized spacial score (nSPS) is 23.3. The van der Waals surface area contributed by atoms with Crippen LogP contribution < -0.4 is 15.4 Å². The molecular weight excluding hydrogens is 390 g/mol. The van der Waals surface area contributed by atoms with Crippen molar-refractivity contribution in [2.24, 2.45) is 5.92 Å². The van der Waals surface area contributed by atoms with Crippen molar-refractivity contribution in [2.45, 2.75) is 44.7 Å². The first-order chi connectivity index (χ1) is 14.4. The molecule has 2 fully saturated rings. The van der Waals surface area contributed by atoms with Gasteiger partial charge in [-0.05, 0) is 24.8 Å². The number of hydrogen-bond acceptors (Lipinski definition) is 6. The number of imide groups is 1. The molecule has 1 aromatic rings. The summed E-state index contributed by atoms with van der Waals surface area (Å²) in [5.74, 6) is -1.06. The van der Waals surface area contributed by atoms with Crippen molar-refractivity contribution in [3.8, 4) is 5.75 Å². The standard InChI is InChI=1S/C21H27N3O6/c1-14-7-5-6-10-21(14)19(27)24(20(28)23-21)12-18(26)30-13-17(25)22-11-15-8-3-4-9-16(15)29-2/h3-4,8-9,14H,5-7,10-13H2,1-2H3,(H,22,25)(H,23,28)/t14-,21+/m0/s1. The Bertz CT molecular complexity index is 842. The summed E-state index contributed by atoms with van der Waals surface area (Å²) in [7, 11) is 1.54. The van der Waals surface area contributed by atoms with E-state index in [1.165, 1.54) is 7.11 Å². The third-order valence-corrected chi connectivity index (χ3v) is 5.82. The lowest BCUT2D eigenvalue weighted by Gasteiger charge is -2.36. The molecule has 1 spiro atoms. The zero-order valence-corrected chi connectivity index (χ0v) is 17.2. The van der Waals surface area contributed by atoms with Gasteiger partial charge in [-0.15, -0.1) is 0 Å². The molecule has 0 aromatic heterocycles. The Kier molecular flexibility index (Phi) is 6.59. The van der Waals surface area contributed by atoms with Crippen LogP contribution in [0.4, 0.5) is 4.79 Å². The molecule has 9 heteroatoms. The number of para-hydroxylation sites is 1. The molecule has 1 aliphatic heterocycles. The largest absolute Gasteiger partial charge is 0.496 e. The summed E-state index contributed by atoms with van der Waals surface area (Å²) < 4.78 is 10.2. The lowest BCUT2D eigenvalue weighted by molar-refractivity contribution is -0.151. The maximum atomic E-state index is 12.8. The molecule has 30 heavy (non-hydrogen) atoms. The molecule has 1 aromatic carbocycles. The molecule has 1 saturated heterocycles. The van der Waals surface area contributed by atoms with Gasteiger partial charge in [-0.25, -0.2) is 4.79 Å². The Morgan fingerprint density at radius 1 is 1.27 bits per heavy atom. The fourth-order valence-electron chi connectivity index (χ4n) is 4.05. The summed E-state index contributed by atoms with van der Waals surface area (Å²) in [6, 6.07) is 6.64. The van der Waals surface area contributed by atoms with Crippen LogP contribution in [0, 0.1) is 5.92 Å². The van der Waals surface area contributed by atoms with Gasteiger partial charge in [0.15, 0.2) is 6.61 Å². The smallest absolute Gasteiger partial charge is 0.326 e. The Labute approximate surface area is 175 Å². The first-order valence-electron chi connectivity index (χ1n) is 10.1. The van der Waals surface area contributed by atoms with Gasteiger partial charge >= 0.3 is 12.0 Å². The van der Waals surface area contributed by atoms with Gasteiger partial charge in [0.2, 0.25) is 0 Å². The predicted octanol–water partition coefficient (Wildman–Crippen LogP) is 1.36. The van der Waals surface area contributed by atoms with E-state index in [-0.39, 0.29) is 12.5 Å². The van der Waals surface area contributed by atoms with E-state index >= 15 is 0 Å². The highest BCUT2D eigenvalue weighted by atomic mass is 16.5. The Balaban J connectivity index is 1.48. The van der Waals surface area contributed by atoms with Crippen LogP contribution in [0.1, 0.15) is 38.2 Å². The second-order valence-corrected chi connectivity index (χ2v) is 7.69. The number of methoxy groups -OCH3 is 1. The molecule has 1 aliphatic carbocycles. The minimum absolute atomic E-state index is 0.00414. The van der Waals surface area contributed by atoms with Crippen LogP contribution in [0.3, 0.4) is 0 Å². The van der Waals surface area contributed by atoms with Crippen molar-refractivity contribution < 1.29 is 28.7 Å². The van der Waals surface area contributed by atoms with Gasteiger partial charge < -0.3 is 20.1 Å². The monoisotopic (exact) mass is 417 g/mol. The van der Waals surface area contributed by atoms with E-state index in [2.05, 4.69) is 10.6 Å². The van der Waals surface area contributed by atoms with Gasteiger partial charge in [-0.3, -0.25) is 19.3 Å². The van der Waals surface area contributed by atoms with Crippen LogP contribution in [0.2, 0.25) is 0 Å². The van der Waals surface area contributed by atoms with E-state index in [9.17, 15) is 19.2 Å². The summed E-state index contributed by atoms with van der Waals surface area (Å²) in [4.78, 5) is 50.1. The van der Waals surface area contributed by atoms with Crippen molar-refractivity contribution in [1.82, 2.24) is 15.5 Å². The lowest BCUT2D eigenvalue weighted by Crippen LogP contribution is -2.54. The van der Waals surface area contributed by atoms with Crippen LogP contribution in [0.5, 0.6) is 5.75 Å². The first kappa shape index (κ1) is 21.6. The number of rotatable bonds is 7. The number of ether oxygens (including phenoxy) is 2. The van der Waals surface area contributed by atoms with E-state index in [0.717, 1.165) is 29.7 Å². The van der Waals surface area contributed by atoms with Crippen LogP contribution in [-0.2, 0) is 25.7 Å². The summed E-state index contributed by atoms with van der Waals surface area (Å²) in [5, 5.41) is 5.41. The number of nitrogens with zero attached hydrogens (tertiary/aromatic N) is 1. The van der Waals surface area contributed by atoms with Crippen molar-refractivity contribution in [3.05, 3.63) is 29.8 Å². The Morgan fingerprint density at radius 3 is 2.77 bits per heavy atom. The third kappa shape index (κ3) is 4.39. The number of amides is 4. The maximum absolute atomic E-state index is 12.8. The number of hydrogen-bond donors (Lipinski definition) is 2. The molecule has 3 rings (SSSR count). The highest BCUT2D eigenvalue weighted by Gasteiger charge is 2.55. The number of urea groups is 1. The number of esters is 1. The van der Waals surface area contributed by atoms with Crippen LogP contribution in [0.25, 0.3) is 0 Å². The third-order valence-electron chi connectivity index (χ3n) is 5.82. The van der Waals surface area contributed by atoms with Gasteiger partial charge in [-0.1, -0.05) is 38.0 Å². The second kappa shape index (κ2) is 9.15. The number of carbonyl (C=O) groups is 4. The molecule has 2 N–H and O–H groups in total. The molecule has 2 aliphatic rings. The number of carbonyl (C=O) groups excluding carboxylic acids is 4. The van der Waals surface area contributed by atoms with E-state index in [0.29, 0.717) is 12.2 Å². The zero-order valence-electron chi connectivity index (χ0n) is 17.2. The summed E-state index contributed by atoms with van der Waals surface area (Å²) in [6.07, 6.45) is 3.27. The highest BCUT2D eigenvalue weighted by molar-refractivity contribution is 6.09. The lowest BCUT2D eigenvalue weighted by atomic mass is 9.73. The predicted molar refractivity (Wildman–Crippen MR) is 106 cm³/mol. The highest BCUT2D eigenvalue weighted by Crippen LogP contribution is 2.38. The maximum Gasteiger partial charge on any atom is 0.326 e. The van der Waals surface area contributed by atoms with E-state index in [1.54, 1.807) is 6.07 Å². The summed E-state index contributed by atoms with van der Waals surface area (Å²) >= 11 is 0. The molecule has 0 bridgehead atoms. The quantitative estimate of drug-likeness (QED) is 0.511. The fraction of sp³-hybridized carbons (Fsp3) is 0.524. The van der Waals surface area contributed by atoms with Gasteiger partial charge in [0.1, 0.15) is 17.8 Å². The molecule has 4 amide bonds. The summed E-state index contributed by atoms with van der Waals surface area (Å²) in [5.41, 5.74) is -0.146. The first-order valence-corrected chi connectivity index (χ1v) is 10.1. The minimum atomic E-state index is -0.929. The van der Waals surface area contributed by atoms with Crippen molar-refractivity contribution in [3.63, 3.8) is 0 Å². The summed E-state index contributed by atoms with van der Waals surface area (Å²) in [6.45, 7) is 1.14. The fourth-order valence-corrected chi connectivity index (χ4v) is 4.05. The SMILES string of the molecule is COc1ccccc1CNC(=O)COC(=O)CN1C(=O)N[C@@]2(CCCC[C@@H]2C)C1=O. The molecular formula is C21H27N3O6. The molecule has 0 radical (unpaired) electrons. The van der Waals surface area contributed by atoms with Gasteiger partial charge in [0.05, 0.1) is 7.11 Å². The van der Waals surface area contributed by atoms with Crippen molar-refractivity contribution in [2.75, 3.05) is 20.3 Å². The van der Waals surface area contributed by atoms with Gasteiger partial charge in [-0.2, -0.15) is 0 Å². The molecule has 162 valence electrons. The van der Waals surface area contributed by atoms with Crippen LogP contribution in [-0.4, -0.2) is 54.5 Å². The topological polar surface area (TPSA) is 114 Å². The number of benzene rings is 1. The van der Waals surface area contributed by atoms with E-state index in [4.69, 9.17) is 9.47 Å². The Morgan fingerprint density at radius 2 is 2.03 bits per heavy atom. The van der Waals surface area contributed by atoms with Crippen molar-refractivity contribution in [1.29, 1.82) is 0 Å². The van der Waals surface area contributed by atoms with Crippen LogP contribution in [0.15, 0.2) is 24.3 Å². The van der Waals surface area contributed by atoms with Crippen LogP contribution >= 0.6 is 0 Å². The van der Waals surface area contributed by atoms with Crippen molar-refractivity contribution >= 4 is 23.8 Å². The van der Waals surface area contributed by atoms with E-state index in [1.807, 2.05) is 25.1 Å².